The van der Waals surface area contributed by atoms with Crippen molar-refractivity contribution in [2.45, 2.75) is 19.3 Å². The molecule has 0 fully saturated rings. The molecule has 0 unspecified atom stereocenters. The van der Waals surface area contributed by atoms with Gasteiger partial charge in [-0.2, -0.15) is 0 Å². The summed E-state index contributed by atoms with van der Waals surface area (Å²) in [4.78, 5) is 15.3. The second kappa shape index (κ2) is 13.1. The summed E-state index contributed by atoms with van der Waals surface area (Å²) >= 11 is 0. The minimum Gasteiger partial charge on any atom is -0.457 e. The summed E-state index contributed by atoms with van der Waals surface area (Å²) in [6.07, 6.45) is 0. The van der Waals surface area contributed by atoms with Crippen LogP contribution in [0.1, 0.15) is 25.0 Å². The number of para-hydroxylation sites is 2. The summed E-state index contributed by atoms with van der Waals surface area (Å²) in [7, 11) is 0. The van der Waals surface area contributed by atoms with Crippen molar-refractivity contribution in [3.63, 3.8) is 0 Å². The van der Waals surface area contributed by atoms with Crippen molar-refractivity contribution in [1.29, 1.82) is 0 Å². The first kappa shape index (κ1) is 34.2. The van der Waals surface area contributed by atoms with E-state index in [0.29, 0.717) is 17.5 Å². The van der Waals surface area contributed by atoms with Crippen LogP contribution >= 0.6 is 0 Å². The lowest BCUT2D eigenvalue weighted by molar-refractivity contribution is 0.418. The lowest BCUT2D eigenvalue weighted by atomic mass is 9.75. The van der Waals surface area contributed by atoms with E-state index in [2.05, 4.69) is 105 Å². The molecule has 6 nitrogen and oxygen atoms in total. The summed E-state index contributed by atoms with van der Waals surface area (Å²) < 4.78 is 19.4. The van der Waals surface area contributed by atoms with Gasteiger partial charge >= 0.3 is 0 Å². The van der Waals surface area contributed by atoms with Crippen molar-refractivity contribution in [2.24, 2.45) is 0 Å². The summed E-state index contributed by atoms with van der Waals surface area (Å²) in [6.45, 7) is 4.52. The SMILES string of the molecule is CC1(C)c2ccccc2Oc2cc(-c3cccc4oc5cc(-c6nc(-c7cccc(-c8ccccc8)c7)nc(-c7ccc8c(c7)oc7ccccc78)n6)ccc5c34)ccc21. The third-order valence-electron chi connectivity index (χ3n) is 12.0. The van der Waals surface area contributed by atoms with Gasteiger partial charge < -0.3 is 13.6 Å². The number of fused-ring (bicyclic) bond motifs is 8. The topological polar surface area (TPSA) is 74.2 Å². The van der Waals surface area contributed by atoms with E-state index in [1.54, 1.807) is 0 Å². The molecule has 0 atom stereocenters. The Hall–Kier alpha value is -7.83. The van der Waals surface area contributed by atoms with E-state index < -0.39 is 0 Å². The van der Waals surface area contributed by atoms with Gasteiger partial charge in [-0.05, 0) is 76.9 Å². The van der Waals surface area contributed by atoms with Crippen LogP contribution in [-0.2, 0) is 5.41 Å². The smallest absolute Gasteiger partial charge is 0.164 e. The third-order valence-corrected chi connectivity index (χ3v) is 12.0. The van der Waals surface area contributed by atoms with Crippen molar-refractivity contribution >= 4 is 43.9 Å². The molecular formula is C54H35N3O3. The number of benzene rings is 8. The predicted octanol–water partition coefficient (Wildman–Crippen LogP) is 14.4. The average molecular weight is 774 g/mol. The Labute approximate surface area is 345 Å². The van der Waals surface area contributed by atoms with E-state index in [0.717, 1.165) is 94.3 Å². The maximum Gasteiger partial charge on any atom is 0.164 e. The van der Waals surface area contributed by atoms with Gasteiger partial charge in [0, 0.05) is 54.8 Å². The molecule has 11 aromatic rings. The molecule has 1 aliphatic heterocycles. The van der Waals surface area contributed by atoms with Crippen LogP contribution in [0.25, 0.3) is 100 Å². The zero-order chi connectivity index (χ0) is 40.0. The van der Waals surface area contributed by atoms with E-state index in [9.17, 15) is 0 Å². The third kappa shape index (κ3) is 5.45. The maximum atomic E-state index is 6.63. The summed E-state index contributed by atoms with van der Waals surface area (Å²) in [6, 6.07) is 60.3. The Balaban J connectivity index is 0.987. The lowest BCUT2D eigenvalue weighted by Gasteiger charge is -2.34. The molecule has 0 saturated heterocycles. The van der Waals surface area contributed by atoms with Crippen LogP contribution in [0.3, 0.4) is 0 Å². The molecule has 284 valence electrons. The Morgan fingerprint density at radius 3 is 1.75 bits per heavy atom. The van der Waals surface area contributed by atoms with Crippen LogP contribution in [0.2, 0.25) is 0 Å². The predicted molar refractivity (Wildman–Crippen MR) is 240 cm³/mol. The molecular weight excluding hydrogens is 739 g/mol. The van der Waals surface area contributed by atoms with Crippen LogP contribution in [0.4, 0.5) is 0 Å². The van der Waals surface area contributed by atoms with E-state index in [-0.39, 0.29) is 5.41 Å². The first-order valence-corrected chi connectivity index (χ1v) is 20.2. The Kier molecular flexibility index (Phi) is 7.47. The Morgan fingerprint density at radius 2 is 0.933 bits per heavy atom. The summed E-state index contributed by atoms with van der Waals surface area (Å²) in [5.41, 5.74) is 12.2. The van der Waals surface area contributed by atoms with Crippen LogP contribution in [0.15, 0.2) is 185 Å². The zero-order valence-corrected chi connectivity index (χ0v) is 32.8. The largest absolute Gasteiger partial charge is 0.457 e. The van der Waals surface area contributed by atoms with Gasteiger partial charge in [0.2, 0.25) is 0 Å². The number of hydrogen-bond donors (Lipinski definition) is 0. The minimum absolute atomic E-state index is 0.187. The molecule has 8 aromatic carbocycles. The van der Waals surface area contributed by atoms with Crippen molar-refractivity contribution in [3.8, 4) is 67.9 Å². The summed E-state index contributed by atoms with van der Waals surface area (Å²) in [5, 5.41) is 4.18. The van der Waals surface area contributed by atoms with Gasteiger partial charge in [-0.3, -0.25) is 0 Å². The normalized spacial score (nSPS) is 13.1. The quantitative estimate of drug-likeness (QED) is 0.173. The van der Waals surface area contributed by atoms with Gasteiger partial charge in [0.15, 0.2) is 17.5 Å². The average Bonchev–Trinajstić information content (AvgIpc) is 3.87. The van der Waals surface area contributed by atoms with Gasteiger partial charge in [0.1, 0.15) is 33.8 Å². The Morgan fingerprint density at radius 1 is 0.367 bits per heavy atom. The lowest BCUT2D eigenvalue weighted by Crippen LogP contribution is -2.24. The number of nitrogens with zero attached hydrogens (tertiary/aromatic N) is 3. The number of rotatable bonds is 5. The standard InChI is InChI=1S/C54H35N3O3/c1-54(2)42-18-7-9-20-45(42)59-49-29-34(24-27-43(49)54)38-17-11-21-46-50(38)41-26-23-37(31-48(41)60-46)53-56-51(35-15-10-14-33(28-35)32-12-4-3-5-13-32)55-52(57-53)36-22-25-40-39-16-6-8-19-44(39)58-47(40)30-36/h3-31H,1-2H3. The molecule has 12 rings (SSSR count). The van der Waals surface area contributed by atoms with Gasteiger partial charge in [0.05, 0.1) is 0 Å². The molecule has 0 amide bonds. The van der Waals surface area contributed by atoms with Crippen molar-refractivity contribution in [3.05, 3.63) is 187 Å². The first-order chi connectivity index (χ1) is 29.4. The fourth-order valence-electron chi connectivity index (χ4n) is 8.93. The van der Waals surface area contributed by atoms with Gasteiger partial charge in [-0.25, -0.2) is 15.0 Å². The molecule has 1 aliphatic rings. The molecule has 0 radical (unpaired) electrons. The van der Waals surface area contributed by atoms with E-state index in [4.69, 9.17) is 28.5 Å². The highest BCUT2D eigenvalue weighted by molar-refractivity contribution is 6.13. The number of furan rings is 2. The highest BCUT2D eigenvalue weighted by atomic mass is 16.5. The molecule has 0 saturated carbocycles. The van der Waals surface area contributed by atoms with E-state index in [1.807, 2.05) is 84.9 Å². The van der Waals surface area contributed by atoms with Gasteiger partial charge in [-0.1, -0.05) is 135 Å². The summed E-state index contributed by atoms with van der Waals surface area (Å²) in [5.74, 6) is 3.44. The maximum absolute atomic E-state index is 6.63. The zero-order valence-electron chi connectivity index (χ0n) is 32.8. The van der Waals surface area contributed by atoms with E-state index >= 15 is 0 Å². The van der Waals surface area contributed by atoms with Crippen LogP contribution in [0, 0.1) is 0 Å². The van der Waals surface area contributed by atoms with Crippen molar-refractivity contribution in [1.82, 2.24) is 15.0 Å². The van der Waals surface area contributed by atoms with Crippen molar-refractivity contribution < 1.29 is 13.6 Å². The first-order valence-electron chi connectivity index (χ1n) is 20.2. The molecule has 3 aromatic heterocycles. The number of aromatic nitrogens is 3. The molecule has 0 aliphatic carbocycles. The monoisotopic (exact) mass is 773 g/mol. The second-order valence-electron chi connectivity index (χ2n) is 16.0. The number of ether oxygens (including phenoxy) is 1. The van der Waals surface area contributed by atoms with Crippen LogP contribution in [0.5, 0.6) is 11.5 Å². The molecule has 60 heavy (non-hydrogen) atoms. The fourth-order valence-corrected chi connectivity index (χ4v) is 8.93. The molecule has 4 heterocycles. The molecule has 0 spiro atoms. The highest BCUT2D eigenvalue weighted by Gasteiger charge is 2.34. The second-order valence-corrected chi connectivity index (χ2v) is 16.0. The van der Waals surface area contributed by atoms with Crippen LogP contribution in [-0.4, -0.2) is 15.0 Å². The van der Waals surface area contributed by atoms with Gasteiger partial charge in [-0.15, -0.1) is 0 Å². The highest BCUT2D eigenvalue weighted by Crippen LogP contribution is 2.49. The molecule has 6 heteroatoms. The van der Waals surface area contributed by atoms with Crippen molar-refractivity contribution in [2.75, 3.05) is 0 Å². The van der Waals surface area contributed by atoms with E-state index in [1.165, 1.54) is 11.1 Å². The fraction of sp³-hybridized carbons (Fsp3) is 0.0556. The Bertz CT molecular complexity index is 3510. The minimum atomic E-state index is -0.187. The number of hydrogen-bond acceptors (Lipinski definition) is 6. The molecule has 0 N–H and O–H groups in total. The van der Waals surface area contributed by atoms with Crippen LogP contribution < -0.4 is 4.74 Å². The van der Waals surface area contributed by atoms with Gasteiger partial charge in [0.25, 0.3) is 0 Å². The molecule has 0 bridgehead atoms.